The lowest BCUT2D eigenvalue weighted by Crippen LogP contribution is -2.61. The molecule has 3 aromatic rings. The van der Waals surface area contributed by atoms with Gasteiger partial charge in [0.25, 0.3) is 11.5 Å². The summed E-state index contributed by atoms with van der Waals surface area (Å²) in [7, 11) is 4.79. The van der Waals surface area contributed by atoms with Crippen LogP contribution in [-0.4, -0.2) is 97.4 Å². The fourth-order valence-electron chi connectivity index (χ4n) is 7.72. The Kier molecular flexibility index (Phi) is 10.5. The summed E-state index contributed by atoms with van der Waals surface area (Å²) in [5, 5.41) is 3.05. The minimum absolute atomic E-state index is 0.0680. The van der Waals surface area contributed by atoms with Gasteiger partial charge in [-0.25, -0.2) is 13.2 Å². The number of Topliss-reactive ketones (excluding diaryl/α,β-unsaturated/α-hetero) is 2. The van der Waals surface area contributed by atoms with Crippen LogP contribution in [0.15, 0.2) is 41.3 Å². The molecule has 274 valence electrons. The topological polar surface area (TPSA) is 96.3 Å². The molecule has 1 aliphatic carbocycles. The summed E-state index contributed by atoms with van der Waals surface area (Å²) in [6.07, 6.45) is 2.66. The zero-order valence-electron chi connectivity index (χ0n) is 29.9. The molecule has 1 aromatic heterocycles. The maximum Gasteiger partial charge on any atom is 0.275 e. The molecule has 2 atom stereocenters. The Morgan fingerprint density at radius 1 is 0.922 bits per heavy atom. The van der Waals surface area contributed by atoms with Crippen molar-refractivity contribution in [1.82, 2.24) is 14.4 Å². The lowest BCUT2D eigenvalue weighted by molar-refractivity contribution is -0.130. The number of aromatic nitrogens is 1. The fraction of sp³-hybridized carbons (Fsp3) is 0.500. The largest absolute Gasteiger partial charge is 0.496 e. The van der Waals surface area contributed by atoms with E-state index in [2.05, 4.69) is 5.32 Å². The number of rotatable bonds is 9. The summed E-state index contributed by atoms with van der Waals surface area (Å²) < 4.78 is 60.1. The van der Waals surface area contributed by atoms with Crippen LogP contribution >= 0.6 is 0 Å². The van der Waals surface area contributed by atoms with Gasteiger partial charge in [-0.3, -0.25) is 24.2 Å². The number of piperidine rings is 1. The molecule has 2 aliphatic heterocycles. The first-order valence-electron chi connectivity index (χ1n) is 17.4. The number of hydrogen-bond donors (Lipinski definition) is 1. The smallest absolute Gasteiger partial charge is 0.275 e. The van der Waals surface area contributed by atoms with E-state index in [4.69, 9.17) is 9.47 Å². The Hall–Kier alpha value is -4.36. The lowest BCUT2D eigenvalue weighted by Gasteiger charge is -2.46. The second-order valence-electron chi connectivity index (χ2n) is 14.0. The predicted molar refractivity (Wildman–Crippen MR) is 190 cm³/mol. The van der Waals surface area contributed by atoms with Crippen LogP contribution in [0, 0.1) is 19.7 Å². The normalized spacial score (nSPS) is 21.5. The zero-order valence-corrected chi connectivity index (χ0v) is 29.9. The van der Waals surface area contributed by atoms with E-state index in [1.165, 1.54) is 6.07 Å². The second-order valence-corrected chi connectivity index (χ2v) is 14.0. The average Bonchev–Trinajstić information content (AvgIpc) is 3.10. The molecule has 1 saturated carbocycles. The van der Waals surface area contributed by atoms with Gasteiger partial charge in [0.2, 0.25) is 0 Å². The summed E-state index contributed by atoms with van der Waals surface area (Å²) in [6, 6.07) is 6.99. The van der Waals surface area contributed by atoms with Crippen LogP contribution in [0.1, 0.15) is 42.4 Å². The van der Waals surface area contributed by atoms with Gasteiger partial charge >= 0.3 is 0 Å². The highest BCUT2D eigenvalue weighted by atomic mass is 19.3. The number of likely N-dealkylation sites (tertiary alicyclic amines) is 1. The lowest BCUT2D eigenvalue weighted by atomic mass is 9.93. The highest BCUT2D eigenvalue weighted by Gasteiger charge is 2.48. The van der Waals surface area contributed by atoms with Crippen molar-refractivity contribution in [3.05, 3.63) is 69.4 Å². The van der Waals surface area contributed by atoms with Crippen LogP contribution in [0.25, 0.3) is 11.1 Å². The van der Waals surface area contributed by atoms with Gasteiger partial charge < -0.3 is 24.3 Å². The molecule has 0 radical (unpaired) electrons. The Labute approximate surface area is 296 Å². The Bertz CT molecular complexity index is 1850. The summed E-state index contributed by atoms with van der Waals surface area (Å²) >= 11 is 0. The molecular formula is C38H46F3N5O5. The molecule has 2 saturated heterocycles. The van der Waals surface area contributed by atoms with Crippen molar-refractivity contribution in [2.24, 2.45) is 7.05 Å². The summed E-state index contributed by atoms with van der Waals surface area (Å²) in [4.78, 5) is 41.6. The van der Waals surface area contributed by atoms with E-state index in [1.807, 2.05) is 28.9 Å². The number of carbonyl (C=O) groups excluding carboxylic acids is 2. The summed E-state index contributed by atoms with van der Waals surface area (Å²) in [5.41, 5.74) is 4.62. The van der Waals surface area contributed by atoms with Gasteiger partial charge in [-0.2, -0.15) is 0 Å². The number of methoxy groups -OCH3 is 2. The first kappa shape index (κ1) is 36.4. The number of alkyl halides is 2. The van der Waals surface area contributed by atoms with Crippen LogP contribution in [0.4, 0.5) is 24.5 Å². The standard InChI is InChI=1S/C38H46F3N5O5/c1-23-24(2)37(49)43(3)20-28(23)25-16-34(50-4)29(35(17-25)51-5)21-44-11-10-36(38(40,41)22-44)46-14-12-45(13-15-46)32-9-6-26(18-30(32)39)42-31-8-7-27(47)19-33(31)48/h6,9,16-18,20,31,36,42H,7-8,10-15,19,21-22H2,1-5H3. The fourth-order valence-corrected chi connectivity index (χ4v) is 7.72. The minimum Gasteiger partial charge on any atom is -0.496 e. The summed E-state index contributed by atoms with van der Waals surface area (Å²) in [5.74, 6) is -2.66. The van der Waals surface area contributed by atoms with Crippen LogP contribution in [0.2, 0.25) is 0 Å². The predicted octanol–water partition coefficient (Wildman–Crippen LogP) is 4.96. The van der Waals surface area contributed by atoms with Crippen molar-refractivity contribution in [3.8, 4) is 22.6 Å². The number of aryl methyl sites for hydroxylation is 1. The number of ketones is 2. The maximum atomic E-state index is 15.9. The molecule has 0 bridgehead atoms. The van der Waals surface area contributed by atoms with E-state index in [0.29, 0.717) is 79.6 Å². The van der Waals surface area contributed by atoms with Gasteiger partial charge in [-0.15, -0.1) is 0 Å². The highest BCUT2D eigenvalue weighted by Crippen LogP contribution is 2.39. The molecule has 0 amide bonds. The van der Waals surface area contributed by atoms with E-state index in [0.717, 1.165) is 16.7 Å². The van der Waals surface area contributed by atoms with Crippen molar-refractivity contribution in [1.29, 1.82) is 0 Å². The number of halogens is 3. The van der Waals surface area contributed by atoms with Crippen molar-refractivity contribution in [3.63, 3.8) is 0 Å². The van der Waals surface area contributed by atoms with Gasteiger partial charge in [-0.05, 0) is 68.1 Å². The molecule has 10 nitrogen and oxygen atoms in total. The molecule has 3 aliphatic rings. The van der Waals surface area contributed by atoms with Gasteiger partial charge in [0.1, 0.15) is 23.1 Å². The first-order valence-corrected chi connectivity index (χ1v) is 17.4. The molecule has 2 unspecified atom stereocenters. The van der Waals surface area contributed by atoms with Crippen molar-refractivity contribution < 1.29 is 32.2 Å². The molecule has 3 heterocycles. The Balaban J connectivity index is 1.09. The second kappa shape index (κ2) is 14.7. The molecule has 13 heteroatoms. The molecule has 3 fully saturated rings. The van der Waals surface area contributed by atoms with E-state index >= 15 is 13.2 Å². The van der Waals surface area contributed by atoms with Gasteiger partial charge in [0, 0.05) is 75.7 Å². The van der Waals surface area contributed by atoms with Gasteiger partial charge in [-0.1, -0.05) is 0 Å². The number of piperazine rings is 1. The maximum absolute atomic E-state index is 15.9. The zero-order chi connectivity index (χ0) is 36.6. The highest BCUT2D eigenvalue weighted by molar-refractivity contribution is 6.05. The van der Waals surface area contributed by atoms with Crippen molar-refractivity contribution in [2.45, 2.75) is 64.1 Å². The number of pyridine rings is 1. The number of hydrogen-bond acceptors (Lipinski definition) is 9. The third kappa shape index (κ3) is 7.50. The van der Waals surface area contributed by atoms with Crippen LogP contribution in [0.3, 0.4) is 0 Å². The summed E-state index contributed by atoms with van der Waals surface area (Å²) in [6.45, 7) is 5.48. The molecule has 6 rings (SSSR count). The molecular weight excluding hydrogens is 663 g/mol. The minimum atomic E-state index is -2.98. The van der Waals surface area contributed by atoms with Gasteiger partial charge in [0.15, 0.2) is 5.78 Å². The van der Waals surface area contributed by atoms with E-state index < -0.39 is 30.4 Å². The van der Waals surface area contributed by atoms with Crippen LogP contribution < -0.4 is 25.2 Å². The SMILES string of the molecule is COc1cc(-c2cn(C)c(=O)c(C)c2C)cc(OC)c1CN1CCC(N2CCN(c3ccc(NC4CCC(=O)CC4=O)cc3F)CC2)C(F)(F)C1. The molecule has 51 heavy (non-hydrogen) atoms. The number of ether oxygens (including phenoxy) is 2. The van der Waals surface area contributed by atoms with E-state index in [1.54, 1.807) is 56.0 Å². The van der Waals surface area contributed by atoms with Crippen LogP contribution in [0.5, 0.6) is 11.5 Å². The average molecular weight is 710 g/mol. The molecule has 1 N–H and O–H groups in total. The molecule has 0 spiro atoms. The number of carbonyl (C=O) groups is 2. The Morgan fingerprint density at radius 2 is 1.61 bits per heavy atom. The van der Waals surface area contributed by atoms with Crippen molar-refractivity contribution >= 4 is 22.9 Å². The third-order valence-corrected chi connectivity index (χ3v) is 10.7. The van der Waals surface area contributed by atoms with E-state index in [9.17, 15) is 14.4 Å². The van der Waals surface area contributed by atoms with Gasteiger partial charge in [0.05, 0.1) is 50.5 Å². The van der Waals surface area contributed by atoms with E-state index in [-0.39, 0.29) is 36.5 Å². The number of nitrogens with one attached hydrogen (secondary N) is 1. The van der Waals surface area contributed by atoms with Crippen LogP contribution in [-0.2, 0) is 23.2 Å². The Morgan fingerprint density at radius 3 is 2.22 bits per heavy atom. The third-order valence-electron chi connectivity index (χ3n) is 10.7. The molecule has 2 aromatic carbocycles. The monoisotopic (exact) mass is 709 g/mol. The van der Waals surface area contributed by atoms with Crippen molar-refractivity contribution in [2.75, 3.05) is 63.7 Å². The number of nitrogens with zero attached hydrogens (tertiary/aromatic N) is 4. The first-order chi connectivity index (χ1) is 24.3. The number of benzene rings is 2. The quantitative estimate of drug-likeness (QED) is 0.310. The number of anilines is 2.